The number of amides is 1. The number of hydrogen-bond acceptors (Lipinski definition) is 3. The highest BCUT2D eigenvalue weighted by molar-refractivity contribution is 6.00. The minimum Gasteiger partial charge on any atom is -0.352 e. The minimum absolute atomic E-state index is 0.0495. The molecule has 0 unspecified atom stereocenters. The van der Waals surface area contributed by atoms with Crippen LogP contribution in [0.2, 0.25) is 0 Å². The lowest BCUT2D eigenvalue weighted by molar-refractivity contribution is 0.0945. The van der Waals surface area contributed by atoms with Crippen molar-refractivity contribution in [2.75, 3.05) is 19.6 Å². The quantitative estimate of drug-likeness (QED) is 0.910. The van der Waals surface area contributed by atoms with E-state index in [-0.39, 0.29) is 5.91 Å². The lowest BCUT2D eigenvalue weighted by atomic mass is 9.96. The third kappa shape index (κ3) is 3.81. The summed E-state index contributed by atoms with van der Waals surface area (Å²) in [4.78, 5) is 12.6. The summed E-state index contributed by atoms with van der Waals surface area (Å²) in [7, 11) is 0. The normalized spacial score (nSPS) is 14.8. The molecule has 24 heavy (non-hydrogen) atoms. The van der Waals surface area contributed by atoms with Gasteiger partial charge in [0.1, 0.15) is 0 Å². The van der Waals surface area contributed by atoms with Gasteiger partial charge in [-0.1, -0.05) is 30.3 Å². The van der Waals surface area contributed by atoms with E-state index in [1.807, 2.05) is 42.5 Å². The Labute approximate surface area is 142 Å². The fourth-order valence-corrected chi connectivity index (χ4v) is 3.11. The molecule has 0 bridgehead atoms. The predicted molar refractivity (Wildman–Crippen MR) is 94.5 cm³/mol. The number of nitrogens with zero attached hydrogens (tertiary/aromatic N) is 1. The second-order valence-corrected chi connectivity index (χ2v) is 6.14. The largest absolute Gasteiger partial charge is 0.352 e. The lowest BCUT2D eigenvalue weighted by Gasteiger charge is -2.23. The van der Waals surface area contributed by atoms with E-state index in [1.54, 1.807) is 6.07 Å². The Morgan fingerprint density at radius 1 is 1.17 bits per heavy atom. The van der Waals surface area contributed by atoms with Gasteiger partial charge in [-0.2, -0.15) is 5.26 Å². The van der Waals surface area contributed by atoms with E-state index < -0.39 is 0 Å². The molecule has 122 valence electrons. The Bertz CT molecular complexity index is 757. The predicted octanol–water partition coefficient (Wildman–Crippen LogP) is 2.95. The van der Waals surface area contributed by atoms with Gasteiger partial charge in [0.05, 0.1) is 11.6 Å². The van der Waals surface area contributed by atoms with Crippen LogP contribution >= 0.6 is 0 Å². The van der Waals surface area contributed by atoms with Crippen molar-refractivity contribution in [2.24, 2.45) is 5.92 Å². The molecule has 0 radical (unpaired) electrons. The Morgan fingerprint density at radius 3 is 2.75 bits per heavy atom. The van der Waals surface area contributed by atoms with Gasteiger partial charge in [-0.25, -0.2) is 0 Å². The van der Waals surface area contributed by atoms with Gasteiger partial charge in [0.25, 0.3) is 5.91 Å². The average molecular weight is 319 g/mol. The highest BCUT2D eigenvalue weighted by atomic mass is 16.1. The van der Waals surface area contributed by atoms with Gasteiger partial charge in [-0.3, -0.25) is 4.79 Å². The van der Waals surface area contributed by atoms with E-state index in [0.29, 0.717) is 23.6 Å². The van der Waals surface area contributed by atoms with Gasteiger partial charge in [-0.15, -0.1) is 0 Å². The van der Waals surface area contributed by atoms with Gasteiger partial charge in [-0.05, 0) is 61.2 Å². The number of benzene rings is 2. The van der Waals surface area contributed by atoms with Crippen molar-refractivity contribution in [1.29, 1.82) is 5.26 Å². The average Bonchev–Trinajstić information content (AvgIpc) is 2.67. The number of carbonyl (C=O) groups excluding carboxylic acids is 1. The SMILES string of the molecule is N#Cc1cccc(-c2ccccc2C(=O)NCC2CCNCC2)c1. The second kappa shape index (κ2) is 7.76. The standard InChI is InChI=1S/C20H21N3O/c21-13-16-4-3-5-17(12-16)18-6-1-2-7-19(18)20(24)23-14-15-8-10-22-11-9-15/h1-7,12,15,22H,8-11,14H2,(H,23,24). The number of nitrogens with one attached hydrogen (secondary N) is 2. The van der Waals surface area contributed by atoms with E-state index in [9.17, 15) is 4.79 Å². The molecular weight excluding hydrogens is 298 g/mol. The maximum atomic E-state index is 12.6. The Balaban J connectivity index is 1.78. The Hall–Kier alpha value is -2.64. The fourth-order valence-electron chi connectivity index (χ4n) is 3.11. The molecule has 1 amide bonds. The van der Waals surface area contributed by atoms with Crippen molar-refractivity contribution < 1.29 is 4.79 Å². The summed E-state index contributed by atoms with van der Waals surface area (Å²) in [5.74, 6) is 0.496. The topological polar surface area (TPSA) is 64.9 Å². The summed E-state index contributed by atoms with van der Waals surface area (Å²) in [5.41, 5.74) is 3.00. The molecular formula is C20H21N3O. The molecule has 1 aliphatic heterocycles. The molecule has 1 fully saturated rings. The van der Waals surface area contributed by atoms with Crippen molar-refractivity contribution >= 4 is 5.91 Å². The van der Waals surface area contributed by atoms with E-state index in [2.05, 4.69) is 16.7 Å². The molecule has 0 spiro atoms. The summed E-state index contributed by atoms with van der Waals surface area (Å²) >= 11 is 0. The van der Waals surface area contributed by atoms with Crippen LogP contribution in [0.3, 0.4) is 0 Å². The summed E-state index contributed by atoms with van der Waals surface area (Å²) in [6.07, 6.45) is 2.21. The molecule has 4 nitrogen and oxygen atoms in total. The van der Waals surface area contributed by atoms with Crippen LogP contribution in [0.4, 0.5) is 0 Å². The number of hydrogen-bond donors (Lipinski definition) is 2. The van der Waals surface area contributed by atoms with Crippen LogP contribution in [-0.2, 0) is 0 Å². The smallest absolute Gasteiger partial charge is 0.251 e. The first-order chi connectivity index (χ1) is 11.8. The fraction of sp³-hybridized carbons (Fsp3) is 0.300. The number of rotatable bonds is 4. The molecule has 1 heterocycles. The maximum Gasteiger partial charge on any atom is 0.251 e. The van der Waals surface area contributed by atoms with Gasteiger partial charge >= 0.3 is 0 Å². The highest BCUT2D eigenvalue weighted by Crippen LogP contribution is 2.24. The van der Waals surface area contributed by atoms with Crippen LogP contribution in [0.25, 0.3) is 11.1 Å². The van der Waals surface area contributed by atoms with E-state index in [4.69, 9.17) is 5.26 Å². The maximum absolute atomic E-state index is 12.6. The van der Waals surface area contributed by atoms with E-state index in [0.717, 1.165) is 37.1 Å². The molecule has 1 aliphatic rings. The van der Waals surface area contributed by atoms with Gasteiger partial charge in [0.2, 0.25) is 0 Å². The van der Waals surface area contributed by atoms with E-state index >= 15 is 0 Å². The Morgan fingerprint density at radius 2 is 1.96 bits per heavy atom. The van der Waals surface area contributed by atoms with Crippen LogP contribution in [0.15, 0.2) is 48.5 Å². The molecule has 3 rings (SSSR count). The highest BCUT2D eigenvalue weighted by Gasteiger charge is 2.16. The first-order valence-corrected chi connectivity index (χ1v) is 8.36. The zero-order valence-corrected chi connectivity index (χ0v) is 13.6. The summed E-state index contributed by atoms with van der Waals surface area (Å²) in [5, 5.41) is 15.5. The first-order valence-electron chi connectivity index (χ1n) is 8.36. The summed E-state index contributed by atoms with van der Waals surface area (Å²) < 4.78 is 0. The van der Waals surface area contributed by atoms with Gasteiger partial charge < -0.3 is 10.6 Å². The number of piperidine rings is 1. The molecule has 0 atom stereocenters. The summed E-state index contributed by atoms with van der Waals surface area (Å²) in [6.45, 7) is 2.77. The molecule has 0 saturated carbocycles. The van der Waals surface area contributed by atoms with Crippen molar-refractivity contribution in [2.45, 2.75) is 12.8 Å². The van der Waals surface area contributed by atoms with Crippen molar-refractivity contribution in [3.63, 3.8) is 0 Å². The Kier molecular flexibility index (Phi) is 5.25. The zero-order valence-electron chi connectivity index (χ0n) is 13.6. The van der Waals surface area contributed by atoms with Crippen LogP contribution in [0, 0.1) is 17.2 Å². The molecule has 1 saturated heterocycles. The second-order valence-electron chi connectivity index (χ2n) is 6.14. The molecule has 0 aliphatic carbocycles. The van der Waals surface area contributed by atoms with Crippen LogP contribution < -0.4 is 10.6 Å². The summed E-state index contributed by atoms with van der Waals surface area (Å²) in [6, 6.07) is 17.1. The van der Waals surface area contributed by atoms with Gasteiger partial charge in [0.15, 0.2) is 0 Å². The molecule has 2 aromatic rings. The zero-order chi connectivity index (χ0) is 16.8. The number of nitriles is 1. The van der Waals surface area contributed by atoms with Crippen molar-refractivity contribution in [3.05, 3.63) is 59.7 Å². The van der Waals surface area contributed by atoms with Gasteiger partial charge in [0, 0.05) is 12.1 Å². The minimum atomic E-state index is -0.0495. The molecule has 4 heteroatoms. The number of carbonyl (C=O) groups is 1. The molecule has 2 aromatic carbocycles. The van der Waals surface area contributed by atoms with Crippen LogP contribution in [-0.4, -0.2) is 25.5 Å². The van der Waals surface area contributed by atoms with Crippen molar-refractivity contribution in [1.82, 2.24) is 10.6 Å². The van der Waals surface area contributed by atoms with Crippen LogP contribution in [0.1, 0.15) is 28.8 Å². The van der Waals surface area contributed by atoms with Crippen LogP contribution in [0.5, 0.6) is 0 Å². The van der Waals surface area contributed by atoms with Crippen molar-refractivity contribution in [3.8, 4) is 17.2 Å². The molecule has 0 aromatic heterocycles. The van der Waals surface area contributed by atoms with E-state index in [1.165, 1.54) is 0 Å². The third-order valence-corrected chi connectivity index (χ3v) is 4.48. The monoisotopic (exact) mass is 319 g/mol. The first kappa shape index (κ1) is 16.2. The third-order valence-electron chi connectivity index (χ3n) is 4.48. The lowest BCUT2D eigenvalue weighted by Crippen LogP contribution is -2.36. The molecule has 2 N–H and O–H groups in total.